The van der Waals surface area contributed by atoms with Gasteiger partial charge in [0.1, 0.15) is 17.7 Å². The van der Waals surface area contributed by atoms with Crippen molar-refractivity contribution in [2.45, 2.75) is 33.3 Å². The highest BCUT2D eigenvalue weighted by atomic mass is 79.9. The second-order valence-corrected chi connectivity index (χ2v) is 5.63. The molecule has 0 aliphatic heterocycles. The minimum Gasteiger partial charge on any atom is -0.489 e. The van der Waals surface area contributed by atoms with Gasteiger partial charge < -0.3 is 10.1 Å². The van der Waals surface area contributed by atoms with Gasteiger partial charge in [0, 0.05) is 12.6 Å². The minimum absolute atomic E-state index is 0.0734. The fourth-order valence-electron chi connectivity index (χ4n) is 1.54. The predicted octanol–water partition coefficient (Wildman–Crippen LogP) is 3.99. The van der Waals surface area contributed by atoms with E-state index < -0.39 is 0 Å². The van der Waals surface area contributed by atoms with Crippen LogP contribution in [0.5, 0.6) is 5.75 Å². The normalized spacial score (nSPS) is 12.8. The number of benzene rings is 1. The van der Waals surface area contributed by atoms with Crippen molar-refractivity contribution in [2.75, 3.05) is 13.1 Å². The lowest BCUT2D eigenvalue weighted by Crippen LogP contribution is -2.33. The number of hydrogen-bond acceptors (Lipinski definition) is 2. The molecular formula is C14H21BrFNO. The number of ether oxygens (including phenoxy) is 1. The maximum Gasteiger partial charge on any atom is 0.141 e. The predicted molar refractivity (Wildman–Crippen MR) is 76.5 cm³/mol. The van der Waals surface area contributed by atoms with Crippen LogP contribution < -0.4 is 10.1 Å². The molecule has 0 aliphatic rings. The first kappa shape index (κ1) is 15.4. The highest BCUT2D eigenvalue weighted by Crippen LogP contribution is 2.22. The fourth-order valence-corrected chi connectivity index (χ4v) is 1.79. The van der Waals surface area contributed by atoms with Gasteiger partial charge >= 0.3 is 0 Å². The van der Waals surface area contributed by atoms with Crippen LogP contribution in [0.25, 0.3) is 0 Å². The van der Waals surface area contributed by atoms with Gasteiger partial charge in [-0.05, 0) is 46.9 Å². The molecule has 1 aromatic carbocycles. The summed E-state index contributed by atoms with van der Waals surface area (Å²) in [6.07, 6.45) is 0.965. The second-order valence-electron chi connectivity index (χ2n) is 4.78. The summed E-state index contributed by atoms with van der Waals surface area (Å²) in [5, 5.41) is 3.35. The molecule has 1 aromatic rings. The maximum atomic E-state index is 13.3. The van der Waals surface area contributed by atoms with Gasteiger partial charge in [0.2, 0.25) is 0 Å². The molecule has 1 N–H and O–H groups in total. The Morgan fingerprint density at radius 1 is 1.33 bits per heavy atom. The van der Waals surface area contributed by atoms with E-state index in [1.165, 1.54) is 6.07 Å². The van der Waals surface area contributed by atoms with Gasteiger partial charge in [-0.3, -0.25) is 0 Å². The average Bonchev–Trinajstić information content (AvgIpc) is 2.32. The molecule has 0 saturated heterocycles. The Balaban J connectivity index is 2.49. The van der Waals surface area contributed by atoms with E-state index in [2.05, 4.69) is 42.0 Å². The maximum absolute atomic E-state index is 13.3. The highest BCUT2D eigenvalue weighted by Gasteiger charge is 2.09. The van der Waals surface area contributed by atoms with Crippen LogP contribution in [0.3, 0.4) is 0 Å². The highest BCUT2D eigenvalue weighted by molar-refractivity contribution is 9.10. The van der Waals surface area contributed by atoms with Crippen molar-refractivity contribution < 1.29 is 9.13 Å². The van der Waals surface area contributed by atoms with Gasteiger partial charge in [0.25, 0.3) is 0 Å². The number of halogens is 2. The molecule has 0 radical (unpaired) electrons. The molecule has 0 spiro atoms. The zero-order valence-electron chi connectivity index (χ0n) is 11.2. The third kappa shape index (κ3) is 5.36. The van der Waals surface area contributed by atoms with Gasteiger partial charge in [-0.1, -0.05) is 20.8 Å². The van der Waals surface area contributed by atoms with Gasteiger partial charge in [-0.2, -0.15) is 0 Å². The van der Waals surface area contributed by atoms with Gasteiger partial charge in [0.05, 0.1) is 4.47 Å². The van der Waals surface area contributed by atoms with E-state index in [1.54, 1.807) is 12.1 Å². The van der Waals surface area contributed by atoms with Crippen molar-refractivity contribution in [3.8, 4) is 5.75 Å². The molecule has 102 valence electrons. The zero-order valence-corrected chi connectivity index (χ0v) is 12.8. The Labute approximate surface area is 117 Å². The van der Waals surface area contributed by atoms with Crippen LogP contribution in [0.15, 0.2) is 22.7 Å². The molecule has 2 nitrogen and oxygen atoms in total. The number of nitrogens with one attached hydrogen (secondary N) is 1. The second kappa shape index (κ2) is 7.74. The SMILES string of the molecule is CCC(CNCC(C)C)Oc1ccc(Br)c(F)c1. The first-order chi connectivity index (χ1) is 8.52. The van der Waals surface area contributed by atoms with Crippen molar-refractivity contribution in [1.82, 2.24) is 5.32 Å². The lowest BCUT2D eigenvalue weighted by atomic mass is 10.2. The molecule has 0 saturated carbocycles. The molecule has 4 heteroatoms. The van der Waals surface area contributed by atoms with Crippen molar-refractivity contribution in [2.24, 2.45) is 5.92 Å². The summed E-state index contributed by atoms with van der Waals surface area (Å²) in [5.74, 6) is 0.902. The Morgan fingerprint density at radius 3 is 2.61 bits per heavy atom. The van der Waals surface area contributed by atoms with Crippen LogP contribution in [0.1, 0.15) is 27.2 Å². The quantitative estimate of drug-likeness (QED) is 0.821. The molecule has 1 unspecified atom stereocenters. The van der Waals surface area contributed by atoms with E-state index in [4.69, 9.17) is 4.74 Å². The standard InChI is InChI=1S/C14H21BrFNO/c1-4-11(9-17-8-10(2)3)18-12-5-6-13(15)14(16)7-12/h5-7,10-11,17H,4,8-9H2,1-3H3. The molecule has 0 amide bonds. The van der Waals surface area contributed by atoms with Crippen molar-refractivity contribution >= 4 is 15.9 Å². The summed E-state index contributed by atoms with van der Waals surface area (Å²) in [6, 6.07) is 4.85. The van der Waals surface area contributed by atoms with E-state index in [1.807, 2.05) is 0 Å². The summed E-state index contributed by atoms with van der Waals surface area (Å²) in [6.45, 7) is 8.15. The Kier molecular flexibility index (Phi) is 6.65. The average molecular weight is 318 g/mol. The molecule has 18 heavy (non-hydrogen) atoms. The lowest BCUT2D eigenvalue weighted by molar-refractivity contribution is 0.191. The summed E-state index contributed by atoms with van der Waals surface area (Å²) < 4.78 is 19.6. The van der Waals surface area contributed by atoms with Crippen LogP contribution in [0.2, 0.25) is 0 Å². The molecule has 0 aromatic heterocycles. The molecular weight excluding hydrogens is 297 g/mol. The van der Waals surface area contributed by atoms with Crippen molar-refractivity contribution in [1.29, 1.82) is 0 Å². The summed E-state index contributed by atoms with van der Waals surface area (Å²) in [7, 11) is 0. The molecule has 0 fully saturated rings. The fraction of sp³-hybridized carbons (Fsp3) is 0.571. The summed E-state index contributed by atoms with van der Waals surface area (Å²) >= 11 is 3.13. The van der Waals surface area contributed by atoms with Gasteiger partial charge in [-0.15, -0.1) is 0 Å². The Bertz CT molecular complexity index is 371. The van der Waals surface area contributed by atoms with E-state index >= 15 is 0 Å². The van der Waals surface area contributed by atoms with Gasteiger partial charge in [0.15, 0.2) is 0 Å². The van der Waals surface area contributed by atoms with Crippen molar-refractivity contribution in [3.63, 3.8) is 0 Å². The zero-order chi connectivity index (χ0) is 13.5. The monoisotopic (exact) mass is 317 g/mol. The van der Waals surface area contributed by atoms with Crippen LogP contribution >= 0.6 is 15.9 Å². The molecule has 1 rings (SSSR count). The van der Waals surface area contributed by atoms with E-state index in [-0.39, 0.29) is 11.9 Å². The third-order valence-electron chi connectivity index (χ3n) is 2.57. The number of hydrogen-bond donors (Lipinski definition) is 1. The largest absolute Gasteiger partial charge is 0.489 e. The van der Waals surface area contributed by atoms with E-state index in [0.717, 1.165) is 19.5 Å². The molecule has 0 bridgehead atoms. The minimum atomic E-state index is -0.294. The van der Waals surface area contributed by atoms with Crippen LogP contribution in [-0.2, 0) is 0 Å². The van der Waals surface area contributed by atoms with Crippen LogP contribution in [0.4, 0.5) is 4.39 Å². The molecule has 1 atom stereocenters. The smallest absolute Gasteiger partial charge is 0.141 e. The third-order valence-corrected chi connectivity index (χ3v) is 3.22. The Hall–Kier alpha value is -0.610. The van der Waals surface area contributed by atoms with Crippen molar-refractivity contribution in [3.05, 3.63) is 28.5 Å². The molecule has 0 heterocycles. The summed E-state index contributed by atoms with van der Waals surface area (Å²) in [5.41, 5.74) is 0. The van der Waals surface area contributed by atoms with E-state index in [9.17, 15) is 4.39 Å². The van der Waals surface area contributed by atoms with Crippen LogP contribution in [-0.4, -0.2) is 19.2 Å². The lowest BCUT2D eigenvalue weighted by Gasteiger charge is -2.19. The van der Waals surface area contributed by atoms with Gasteiger partial charge in [-0.25, -0.2) is 4.39 Å². The number of rotatable bonds is 7. The molecule has 0 aliphatic carbocycles. The van der Waals surface area contributed by atoms with E-state index in [0.29, 0.717) is 16.1 Å². The first-order valence-electron chi connectivity index (χ1n) is 6.35. The topological polar surface area (TPSA) is 21.3 Å². The Morgan fingerprint density at radius 2 is 2.06 bits per heavy atom. The van der Waals surface area contributed by atoms with Crippen LogP contribution in [0, 0.1) is 11.7 Å². The summed E-state index contributed by atoms with van der Waals surface area (Å²) in [4.78, 5) is 0. The first-order valence-corrected chi connectivity index (χ1v) is 7.14.